The summed E-state index contributed by atoms with van der Waals surface area (Å²) >= 11 is 5.33. The molecule has 88 valence electrons. The Kier molecular flexibility index (Phi) is 4.34. The van der Waals surface area contributed by atoms with E-state index in [2.05, 4.69) is 43.4 Å². The third-order valence-corrected chi connectivity index (χ3v) is 3.40. The van der Waals surface area contributed by atoms with E-state index in [-0.39, 0.29) is 5.66 Å². The SMILES string of the molecule is CCC1(CC)NC(=S)N(CCC(C)C)N1. The standard InChI is InChI=1S/C11H23N3S/c1-5-11(6-2)12-10(15)14(13-11)8-7-9(3)4/h9,13H,5-8H2,1-4H3,(H,12,15). The Morgan fingerprint density at radius 2 is 1.93 bits per heavy atom. The molecule has 3 nitrogen and oxygen atoms in total. The molecule has 0 saturated carbocycles. The molecule has 1 saturated heterocycles. The Morgan fingerprint density at radius 3 is 2.33 bits per heavy atom. The van der Waals surface area contributed by atoms with Crippen LogP contribution in [0.5, 0.6) is 0 Å². The first kappa shape index (κ1) is 12.7. The number of hydrogen-bond donors (Lipinski definition) is 2. The van der Waals surface area contributed by atoms with Crippen molar-refractivity contribution < 1.29 is 0 Å². The van der Waals surface area contributed by atoms with Crippen LogP contribution in [0.15, 0.2) is 0 Å². The highest BCUT2D eigenvalue weighted by atomic mass is 32.1. The second kappa shape index (κ2) is 5.12. The van der Waals surface area contributed by atoms with Gasteiger partial charge in [-0.3, -0.25) is 5.01 Å². The quantitative estimate of drug-likeness (QED) is 0.707. The highest BCUT2D eigenvalue weighted by Gasteiger charge is 2.36. The van der Waals surface area contributed by atoms with E-state index < -0.39 is 0 Å². The van der Waals surface area contributed by atoms with E-state index in [9.17, 15) is 0 Å². The van der Waals surface area contributed by atoms with E-state index in [4.69, 9.17) is 12.2 Å². The van der Waals surface area contributed by atoms with Crippen molar-refractivity contribution in [1.29, 1.82) is 0 Å². The lowest BCUT2D eigenvalue weighted by Crippen LogP contribution is -2.50. The first-order valence-corrected chi connectivity index (χ1v) is 6.31. The predicted molar refractivity (Wildman–Crippen MR) is 68.3 cm³/mol. The molecule has 0 aliphatic carbocycles. The van der Waals surface area contributed by atoms with Gasteiger partial charge < -0.3 is 5.32 Å². The summed E-state index contributed by atoms with van der Waals surface area (Å²) in [7, 11) is 0. The number of hydrogen-bond acceptors (Lipinski definition) is 2. The molecule has 1 aliphatic rings. The van der Waals surface area contributed by atoms with Crippen LogP contribution in [0.4, 0.5) is 0 Å². The van der Waals surface area contributed by atoms with Crippen molar-refractivity contribution in [1.82, 2.24) is 15.8 Å². The maximum absolute atomic E-state index is 5.33. The second-order valence-electron chi connectivity index (χ2n) is 4.67. The highest BCUT2D eigenvalue weighted by molar-refractivity contribution is 7.80. The van der Waals surface area contributed by atoms with Gasteiger partial charge in [-0.05, 0) is 37.4 Å². The molecule has 4 heteroatoms. The number of hydrazine groups is 1. The minimum absolute atomic E-state index is 0.00589. The summed E-state index contributed by atoms with van der Waals surface area (Å²) in [5, 5.41) is 6.32. The van der Waals surface area contributed by atoms with Gasteiger partial charge in [0.05, 0.1) is 0 Å². The predicted octanol–water partition coefficient (Wildman–Crippen LogP) is 2.24. The highest BCUT2D eigenvalue weighted by Crippen LogP contribution is 2.18. The molecule has 0 unspecified atom stereocenters. The smallest absolute Gasteiger partial charge is 0.185 e. The molecule has 0 bridgehead atoms. The van der Waals surface area contributed by atoms with Gasteiger partial charge in [-0.25, -0.2) is 5.43 Å². The van der Waals surface area contributed by atoms with Gasteiger partial charge in [-0.15, -0.1) is 0 Å². The molecular weight excluding hydrogens is 206 g/mol. The van der Waals surface area contributed by atoms with E-state index in [1.165, 1.54) is 6.42 Å². The lowest BCUT2D eigenvalue weighted by molar-refractivity contribution is 0.198. The molecular formula is C11H23N3S. The fraction of sp³-hybridized carbons (Fsp3) is 0.909. The number of thiocarbonyl (C=S) groups is 1. The molecule has 1 aliphatic heterocycles. The van der Waals surface area contributed by atoms with Crippen LogP contribution in [-0.2, 0) is 0 Å². The molecule has 2 N–H and O–H groups in total. The number of nitrogens with zero attached hydrogens (tertiary/aromatic N) is 1. The minimum Gasteiger partial charge on any atom is -0.342 e. The summed E-state index contributed by atoms with van der Waals surface area (Å²) in [5.74, 6) is 0.716. The largest absolute Gasteiger partial charge is 0.342 e. The molecule has 0 spiro atoms. The third kappa shape index (κ3) is 3.05. The van der Waals surface area contributed by atoms with Gasteiger partial charge in [-0.1, -0.05) is 27.7 Å². The monoisotopic (exact) mass is 229 g/mol. The van der Waals surface area contributed by atoms with Gasteiger partial charge in [0.15, 0.2) is 5.11 Å². The molecule has 0 radical (unpaired) electrons. The van der Waals surface area contributed by atoms with Crippen LogP contribution in [0.25, 0.3) is 0 Å². The molecule has 0 atom stereocenters. The maximum Gasteiger partial charge on any atom is 0.185 e. The van der Waals surface area contributed by atoms with Gasteiger partial charge in [0, 0.05) is 6.54 Å². The number of rotatable bonds is 5. The Hall–Kier alpha value is -0.350. The lowest BCUT2D eigenvalue weighted by Gasteiger charge is -2.27. The van der Waals surface area contributed by atoms with Gasteiger partial charge >= 0.3 is 0 Å². The summed E-state index contributed by atoms with van der Waals surface area (Å²) in [6.45, 7) is 9.82. The zero-order valence-electron chi connectivity index (χ0n) is 10.3. The average Bonchev–Trinajstić information content (AvgIpc) is 2.53. The van der Waals surface area contributed by atoms with Crippen LogP contribution in [0.3, 0.4) is 0 Å². The first-order chi connectivity index (χ1) is 7.03. The van der Waals surface area contributed by atoms with Crippen molar-refractivity contribution in [2.45, 2.75) is 52.6 Å². The van der Waals surface area contributed by atoms with Crippen molar-refractivity contribution in [3.05, 3.63) is 0 Å². The van der Waals surface area contributed by atoms with Crippen LogP contribution < -0.4 is 10.7 Å². The molecule has 1 rings (SSSR count). The van der Waals surface area contributed by atoms with Gasteiger partial charge in [-0.2, -0.15) is 0 Å². The van der Waals surface area contributed by atoms with Crippen molar-refractivity contribution in [3.63, 3.8) is 0 Å². The van der Waals surface area contributed by atoms with Gasteiger partial charge in [0.1, 0.15) is 5.66 Å². The first-order valence-electron chi connectivity index (χ1n) is 5.90. The van der Waals surface area contributed by atoms with Gasteiger partial charge in [0.2, 0.25) is 0 Å². The molecule has 15 heavy (non-hydrogen) atoms. The van der Waals surface area contributed by atoms with Crippen molar-refractivity contribution in [2.24, 2.45) is 5.92 Å². The summed E-state index contributed by atoms with van der Waals surface area (Å²) in [4.78, 5) is 0. The molecule has 0 aromatic rings. The maximum atomic E-state index is 5.33. The van der Waals surface area contributed by atoms with Crippen LogP contribution in [-0.4, -0.2) is 22.3 Å². The molecule has 0 aromatic carbocycles. The van der Waals surface area contributed by atoms with Crippen molar-refractivity contribution in [3.8, 4) is 0 Å². The van der Waals surface area contributed by atoms with Gasteiger partial charge in [0.25, 0.3) is 0 Å². The van der Waals surface area contributed by atoms with Crippen LogP contribution in [0, 0.1) is 5.92 Å². The summed E-state index contributed by atoms with van der Waals surface area (Å²) in [5.41, 5.74) is 3.48. The van der Waals surface area contributed by atoms with Crippen molar-refractivity contribution >= 4 is 17.3 Å². The Bertz CT molecular complexity index is 224. The second-order valence-corrected chi connectivity index (χ2v) is 5.05. The Labute approximate surface area is 98.6 Å². The molecule has 0 amide bonds. The van der Waals surface area contributed by atoms with E-state index in [1.807, 2.05) is 0 Å². The van der Waals surface area contributed by atoms with E-state index >= 15 is 0 Å². The third-order valence-electron chi connectivity index (χ3n) is 3.08. The zero-order valence-corrected chi connectivity index (χ0v) is 11.1. The summed E-state index contributed by atoms with van der Waals surface area (Å²) in [6.07, 6.45) is 3.25. The minimum atomic E-state index is -0.00589. The van der Waals surface area contributed by atoms with E-state index in [0.29, 0.717) is 5.92 Å². The zero-order chi connectivity index (χ0) is 11.5. The number of nitrogens with one attached hydrogen (secondary N) is 2. The average molecular weight is 229 g/mol. The fourth-order valence-electron chi connectivity index (χ4n) is 1.74. The van der Waals surface area contributed by atoms with E-state index in [0.717, 1.165) is 24.5 Å². The van der Waals surface area contributed by atoms with Crippen LogP contribution in [0.2, 0.25) is 0 Å². The Balaban J connectivity index is 2.52. The van der Waals surface area contributed by atoms with Crippen molar-refractivity contribution in [2.75, 3.05) is 6.54 Å². The lowest BCUT2D eigenvalue weighted by atomic mass is 10.1. The topological polar surface area (TPSA) is 27.3 Å². The van der Waals surface area contributed by atoms with Crippen LogP contribution in [0.1, 0.15) is 47.0 Å². The molecule has 1 heterocycles. The molecule has 0 aromatic heterocycles. The molecule has 1 fully saturated rings. The van der Waals surface area contributed by atoms with E-state index in [1.54, 1.807) is 0 Å². The summed E-state index contributed by atoms with van der Waals surface area (Å²) < 4.78 is 0. The Morgan fingerprint density at radius 1 is 1.33 bits per heavy atom. The van der Waals surface area contributed by atoms with Crippen LogP contribution >= 0.6 is 12.2 Å². The fourth-order valence-corrected chi connectivity index (χ4v) is 2.07. The summed E-state index contributed by atoms with van der Waals surface area (Å²) in [6, 6.07) is 0. The normalized spacial score (nSPS) is 19.8.